The van der Waals surface area contributed by atoms with Gasteiger partial charge in [0.05, 0.1) is 11.5 Å². The van der Waals surface area contributed by atoms with Crippen LogP contribution in [0.5, 0.6) is 0 Å². The molecule has 2 N–H and O–H groups in total. The minimum atomic E-state index is -3.10. The maximum absolute atomic E-state index is 12.0. The van der Waals surface area contributed by atoms with E-state index in [0.29, 0.717) is 12.2 Å². The molecule has 0 aromatic heterocycles. The molecule has 7 nitrogen and oxygen atoms in total. The van der Waals surface area contributed by atoms with Crippen molar-refractivity contribution in [1.82, 2.24) is 10.2 Å². The third kappa shape index (κ3) is 4.86. The van der Waals surface area contributed by atoms with Crippen LogP contribution in [0.15, 0.2) is 0 Å². The van der Waals surface area contributed by atoms with Gasteiger partial charge in [0, 0.05) is 12.6 Å². The fraction of sp³-hybridized carbons (Fsp3) is 0.818. The third-order valence-corrected chi connectivity index (χ3v) is 5.58. The van der Waals surface area contributed by atoms with Crippen molar-refractivity contribution in [2.45, 2.75) is 25.4 Å². The summed E-state index contributed by atoms with van der Waals surface area (Å²) < 4.78 is 22.9. The molecule has 1 rings (SSSR count). The zero-order chi connectivity index (χ0) is 15.3. The quantitative estimate of drug-likeness (QED) is 0.739. The van der Waals surface area contributed by atoms with Crippen LogP contribution >= 0.6 is 11.8 Å². The van der Waals surface area contributed by atoms with Crippen LogP contribution in [0, 0.1) is 0 Å². The Bertz CT molecular complexity index is 465. The van der Waals surface area contributed by atoms with E-state index in [1.54, 1.807) is 6.92 Å². The van der Waals surface area contributed by atoms with Crippen molar-refractivity contribution in [3.63, 3.8) is 0 Å². The molecule has 1 fully saturated rings. The summed E-state index contributed by atoms with van der Waals surface area (Å²) in [6.07, 6.45) is 2.20. The maximum atomic E-state index is 12.0. The number of nitrogens with one attached hydrogen (secondary N) is 1. The number of sulfone groups is 1. The summed E-state index contributed by atoms with van der Waals surface area (Å²) >= 11 is 1.50. The van der Waals surface area contributed by atoms with Gasteiger partial charge < -0.3 is 15.3 Å². The molecule has 20 heavy (non-hydrogen) atoms. The standard InChI is InChI=1S/C11H20N2O5S2/c1-8-7-20(17,18)6-4-13(8)11(16)12-9(10(14)15)3-5-19-2/h8-9H,3-7H2,1-2H3,(H,12,16)(H,14,15)/t8?,9-/m1/s1. The van der Waals surface area contributed by atoms with E-state index in [1.165, 1.54) is 16.7 Å². The first-order valence-corrected chi connectivity index (χ1v) is 9.47. The van der Waals surface area contributed by atoms with Crippen molar-refractivity contribution in [3.05, 3.63) is 0 Å². The average molecular weight is 324 g/mol. The highest BCUT2D eigenvalue weighted by atomic mass is 32.2. The summed E-state index contributed by atoms with van der Waals surface area (Å²) in [6.45, 7) is 1.75. The molecule has 0 bridgehead atoms. The van der Waals surface area contributed by atoms with Crippen LogP contribution in [0.25, 0.3) is 0 Å². The number of carbonyl (C=O) groups is 2. The molecule has 116 valence electrons. The Morgan fingerprint density at radius 2 is 2.15 bits per heavy atom. The minimum absolute atomic E-state index is 0.0761. The lowest BCUT2D eigenvalue weighted by atomic mass is 10.2. The number of rotatable bonds is 5. The first-order chi connectivity index (χ1) is 9.26. The summed E-state index contributed by atoms with van der Waals surface area (Å²) in [5, 5.41) is 11.5. The van der Waals surface area contributed by atoms with Crippen molar-refractivity contribution in [2.24, 2.45) is 0 Å². The molecular weight excluding hydrogens is 304 g/mol. The number of amides is 2. The molecule has 0 radical (unpaired) electrons. The van der Waals surface area contributed by atoms with Crippen molar-refractivity contribution >= 4 is 33.6 Å². The molecule has 0 aliphatic carbocycles. The van der Waals surface area contributed by atoms with E-state index in [0.717, 1.165) is 0 Å². The third-order valence-electron chi connectivity index (χ3n) is 3.14. The van der Waals surface area contributed by atoms with Gasteiger partial charge in [-0.25, -0.2) is 18.0 Å². The van der Waals surface area contributed by atoms with Crippen molar-refractivity contribution in [3.8, 4) is 0 Å². The second kappa shape index (κ2) is 7.16. The first kappa shape index (κ1) is 17.1. The molecule has 1 unspecified atom stereocenters. The smallest absolute Gasteiger partial charge is 0.326 e. The van der Waals surface area contributed by atoms with Crippen LogP contribution in [-0.2, 0) is 14.6 Å². The highest BCUT2D eigenvalue weighted by Crippen LogP contribution is 2.12. The second-order valence-corrected chi connectivity index (χ2v) is 7.99. The summed E-state index contributed by atoms with van der Waals surface area (Å²) in [5.74, 6) is -0.609. The topological polar surface area (TPSA) is 104 Å². The van der Waals surface area contributed by atoms with Gasteiger partial charge in [0.2, 0.25) is 0 Å². The lowest BCUT2D eigenvalue weighted by Crippen LogP contribution is -2.56. The number of carbonyl (C=O) groups excluding carboxylic acids is 1. The fourth-order valence-electron chi connectivity index (χ4n) is 2.03. The number of urea groups is 1. The Morgan fingerprint density at radius 3 is 2.65 bits per heavy atom. The Kier molecular flexibility index (Phi) is 6.12. The van der Waals surface area contributed by atoms with E-state index < -0.39 is 33.9 Å². The van der Waals surface area contributed by atoms with Crippen LogP contribution in [0.1, 0.15) is 13.3 Å². The molecule has 2 amide bonds. The predicted octanol–water partition coefficient (Wildman–Crippen LogP) is 0.0212. The number of aliphatic carboxylic acids is 1. The normalized spacial score (nSPS) is 23.1. The number of nitrogens with zero attached hydrogens (tertiary/aromatic N) is 1. The van der Waals surface area contributed by atoms with Gasteiger partial charge in [-0.15, -0.1) is 0 Å². The predicted molar refractivity (Wildman–Crippen MR) is 77.8 cm³/mol. The van der Waals surface area contributed by atoms with Gasteiger partial charge in [0.15, 0.2) is 9.84 Å². The zero-order valence-electron chi connectivity index (χ0n) is 11.5. The van der Waals surface area contributed by atoms with Gasteiger partial charge in [-0.05, 0) is 25.4 Å². The van der Waals surface area contributed by atoms with Gasteiger partial charge in [-0.1, -0.05) is 0 Å². The molecule has 0 spiro atoms. The molecule has 0 aromatic rings. The molecule has 1 saturated heterocycles. The maximum Gasteiger partial charge on any atom is 0.326 e. The van der Waals surface area contributed by atoms with E-state index >= 15 is 0 Å². The molecule has 9 heteroatoms. The van der Waals surface area contributed by atoms with E-state index in [1.807, 2.05) is 6.26 Å². The van der Waals surface area contributed by atoms with Gasteiger partial charge >= 0.3 is 12.0 Å². The summed E-state index contributed by atoms with van der Waals surface area (Å²) in [5.41, 5.74) is 0. The zero-order valence-corrected chi connectivity index (χ0v) is 13.2. The minimum Gasteiger partial charge on any atom is -0.480 e. The Morgan fingerprint density at radius 1 is 1.50 bits per heavy atom. The van der Waals surface area contributed by atoms with Crippen molar-refractivity contribution in [1.29, 1.82) is 0 Å². The van der Waals surface area contributed by atoms with Crippen LogP contribution in [0.3, 0.4) is 0 Å². The highest BCUT2D eigenvalue weighted by molar-refractivity contribution is 7.98. The lowest BCUT2D eigenvalue weighted by molar-refractivity contribution is -0.139. The van der Waals surface area contributed by atoms with Crippen LogP contribution in [-0.4, -0.2) is 72.6 Å². The number of hydrogen-bond acceptors (Lipinski definition) is 5. The Labute approximate surface area is 123 Å². The van der Waals surface area contributed by atoms with Gasteiger partial charge in [0.1, 0.15) is 6.04 Å². The van der Waals surface area contributed by atoms with Gasteiger partial charge in [-0.2, -0.15) is 11.8 Å². The summed E-state index contributed by atoms with van der Waals surface area (Å²) in [4.78, 5) is 24.5. The van der Waals surface area contributed by atoms with E-state index in [-0.39, 0.29) is 18.1 Å². The second-order valence-electron chi connectivity index (χ2n) is 4.78. The molecule has 1 aliphatic rings. The summed E-state index contributed by atoms with van der Waals surface area (Å²) in [6, 6.07) is -1.90. The van der Waals surface area contributed by atoms with Crippen LogP contribution in [0.2, 0.25) is 0 Å². The van der Waals surface area contributed by atoms with Crippen molar-refractivity contribution in [2.75, 3.05) is 30.1 Å². The number of hydrogen-bond donors (Lipinski definition) is 2. The van der Waals surface area contributed by atoms with Crippen LogP contribution < -0.4 is 5.32 Å². The van der Waals surface area contributed by atoms with E-state index in [4.69, 9.17) is 5.11 Å². The Hall–Kier alpha value is -0.960. The highest BCUT2D eigenvalue weighted by Gasteiger charge is 2.32. The lowest BCUT2D eigenvalue weighted by Gasteiger charge is -2.33. The van der Waals surface area contributed by atoms with Gasteiger partial charge in [-0.3, -0.25) is 0 Å². The van der Waals surface area contributed by atoms with Crippen LogP contribution in [0.4, 0.5) is 4.79 Å². The monoisotopic (exact) mass is 324 g/mol. The van der Waals surface area contributed by atoms with Crippen molar-refractivity contribution < 1.29 is 23.1 Å². The molecule has 1 heterocycles. The van der Waals surface area contributed by atoms with E-state index in [9.17, 15) is 18.0 Å². The molecule has 0 saturated carbocycles. The number of carboxylic acids is 1. The van der Waals surface area contributed by atoms with Gasteiger partial charge in [0.25, 0.3) is 0 Å². The number of carboxylic acid groups (broad SMARTS) is 1. The fourth-order valence-corrected chi connectivity index (χ4v) is 4.05. The molecular formula is C11H20N2O5S2. The number of thioether (sulfide) groups is 1. The Balaban J connectivity index is 2.63. The molecule has 1 aliphatic heterocycles. The van der Waals surface area contributed by atoms with E-state index in [2.05, 4.69) is 5.32 Å². The average Bonchev–Trinajstić information content (AvgIpc) is 2.32. The largest absolute Gasteiger partial charge is 0.480 e. The molecule has 0 aromatic carbocycles. The first-order valence-electron chi connectivity index (χ1n) is 6.26. The molecule has 2 atom stereocenters. The SMILES string of the molecule is CSCC[C@@H](NC(=O)N1CCS(=O)(=O)CC1C)C(=O)O. The summed E-state index contributed by atoms with van der Waals surface area (Å²) in [7, 11) is -3.10.